The largest absolute Gasteiger partial charge is 0.486 e. The van der Waals surface area contributed by atoms with Gasteiger partial charge in [-0.3, -0.25) is 9.36 Å². The molecule has 2 aliphatic heterocycles. The minimum atomic E-state index is -0.428. The summed E-state index contributed by atoms with van der Waals surface area (Å²) in [7, 11) is 1.55. The molecule has 40 heavy (non-hydrogen) atoms. The number of ether oxygens (including phenoxy) is 4. The molecule has 1 saturated heterocycles. The molecule has 4 heterocycles. The monoisotopic (exact) mass is 551 g/mol. The van der Waals surface area contributed by atoms with Crippen LogP contribution in [-0.2, 0) is 20.7 Å². The highest BCUT2D eigenvalue weighted by atomic mass is 16.6. The van der Waals surface area contributed by atoms with Crippen LogP contribution in [0.1, 0.15) is 12.0 Å². The second kappa shape index (κ2) is 13.1. The quantitative estimate of drug-likeness (QED) is 0.369. The van der Waals surface area contributed by atoms with Crippen LogP contribution in [0.15, 0.2) is 49.2 Å². The molecule has 0 saturated carbocycles. The number of rotatable bonds is 10. The van der Waals surface area contributed by atoms with E-state index < -0.39 is 6.09 Å². The number of amides is 2. The van der Waals surface area contributed by atoms with Crippen molar-refractivity contribution < 1.29 is 28.5 Å². The molecule has 13 heteroatoms. The lowest BCUT2D eigenvalue weighted by molar-refractivity contribution is -0.121. The lowest BCUT2D eigenvalue weighted by atomic mass is 10.1. The van der Waals surface area contributed by atoms with Gasteiger partial charge in [0.1, 0.15) is 32.0 Å². The predicted octanol–water partition coefficient (Wildman–Crippen LogP) is 1.46. The Morgan fingerprint density at radius 3 is 2.80 bits per heavy atom. The minimum absolute atomic E-state index is 0.119. The summed E-state index contributed by atoms with van der Waals surface area (Å²) >= 11 is 0. The number of nitrogens with zero attached hydrogens (tertiary/aromatic N) is 6. The number of piperazine rings is 1. The Morgan fingerprint density at radius 1 is 1.10 bits per heavy atom. The van der Waals surface area contributed by atoms with Gasteiger partial charge in [-0.15, -0.1) is 0 Å². The summed E-state index contributed by atoms with van der Waals surface area (Å²) in [5.74, 6) is 2.48. The van der Waals surface area contributed by atoms with Gasteiger partial charge in [-0.05, 0) is 30.2 Å². The van der Waals surface area contributed by atoms with Gasteiger partial charge in [0.25, 0.3) is 0 Å². The first-order valence-corrected chi connectivity index (χ1v) is 13.2. The Balaban J connectivity index is 1.23. The number of hydrogen-bond acceptors (Lipinski definition) is 10. The number of anilines is 1. The summed E-state index contributed by atoms with van der Waals surface area (Å²) in [5, 5.41) is 3.02. The molecule has 2 amide bonds. The smallest absolute Gasteiger partial charge is 0.409 e. The number of carbonyl (C=O) groups excluding carboxylic acids is 2. The lowest BCUT2D eigenvalue weighted by Gasteiger charge is -2.41. The second-order valence-electron chi connectivity index (χ2n) is 9.37. The Hall–Kier alpha value is -4.39. The standard InChI is InChI=1S/C27H33N7O6/c1-37-12-13-40-27(36)32-10-11-34(24-5-7-30-26(31-24)33-9-8-28-19-33)21(18-32)17-25(35)29-6-4-20-2-3-22-23(16-20)39-15-14-38-22/h2-3,5,7-9,16,19,21H,4,6,10-15,17-18H2,1H3,(H,29,35). The first-order chi connectivity index (χ1) is 19.6. The average molecular weight is 552 g/mol. The van der Waals surface area contributed by atoms with Crippen molar-refractivity contribution in [3.63, 3.8) is 0 Å². The lowest BCUT2D eigenvalue weighted by Crippen LogP contribution is -2.56. The van der Waals surface area contributed by atoms with Crippen molar-refractivity contribution in [2.45, 2.75) is 18.9 Å². The second-order valence-corrected chi connectivity index (χ2v) is 9.37. The molecular weight excluding hydrogens is 518 g/mol. The number of nitrogens with one attached hydrogen (secondary N) is 1. The van der Waals surface area contributed by atoms with E-state index in [1.165, 1.54) is 0 Å². The fourth-order valence-corrected chi connectivity index (χ4v) is 4.68. The molecule has 2 aromatic heterocycles. The molecule has 0 aliphatic carbocycles. The fourth-order valence-electron chi connectivity index (χ4n) is 4.68. The number of imidazole rings is 1. The zero-order valence-corrected chi connectivity index (χ0v) is 22.4. The van der Waals surface area contributed by atoms with E-state index in [-0.39, 0.29) is 25.0 Å². The molecule has 212 valence electrons. The SMILES string of the molecule is COCCOC(=O)N1CCN(c2ccnc(-n3ccnc3)n2)C(CC(=O)NCCc2ccc3c(c2)OCCO3)C1. The van der Waals surface area contributed by atoms with Crippen LogP contribution in [-0.4, -0.2) is 102 Å². The Labute approximate surface area is 232 Å². The first kappa shape index (κ1) is 27.2. The molecule has 3 aromatic rings. The molecule has 0 radical (unpaired) electrons. The topological polar surface area (TPSA) is 133 Å². The number of benzene rings is 1. The molecule has 1 aromatic carbocycles. The maximum absolute atomic E-state index is 13.1. The van der Waals surface area contributed by atoms with Crippen molar-refractivity contribution in [2.24, 2.45) is 0 Å². The summed E-state index contributed by atoms with van der Waals surface area (Å²) < 4.78 is 23.2. The van der Waals surface area contributed by atoms with Crippen LogP contribution in [0.4, 0.5) is 10.6 Å². The highest BCUT2D eigenvalue weighted by molar-refractivity contribution is 5.77. The first-order valence-electron chi connectivity index (χ1n) is 13.2. The highest BCUT2D eigenvalue weighted by Crippen LogP contribution is 2.30. The number of methoxy groups -OCH3 is 1. The summed E-state index contributed by atoms with van der Waals surface area (Å²) in [6.07, 6.45) is 7.11. The number of carbonyl (C=O) groups is 2. The van der Waals surface area contributed by atoms with Crippen molar-refractivity contribution in [1.29, 1.82) is 0 Å². The summed E-state index contributed by atoms with van der Waals surface area (Å²) in [4.78, 5) is 42.5. The van der Waals surface area contributed by atoms with Crippen molar-refractivity contribution in [3.8, 4) is 17.4 Å². The zero-order valence-electron chi connectivity index (χ0n) is 22.4. The number of hydrogen-bond donors (Lipinski definition) is 1. The molecule has 1 N–H and O–H groups in total. The third-order valence-corrected chi connectivity index (χ3v) is 6.68. The molecule has 2 aliphatic rings. The molecule has 1 fully saturated rings. The number of aromatic nitrogens is 4. The van der Waals surface area contributed by atoms with Gasteiger partial charge in [0.15, 0.2) is 11.5 Å². The third-order valence-electron chi connectivity index (χ3n) is 6.68. The van der Waals surface area contributed by atoms with Gasteiger partial charge in [0, 0.05) is 58.3 Å². The number of fused-ring (bicyclic) bond motifs is 1. The normalized spacial score (nSPS) is 16.5. The maximum Gasteiger partial charge on any atom is 0.409 e. The summed E-state index contributed by atoms with van der Waals surface area (Å²) in [6.45, 7) is 3.24. The van der Waals surface area contributed by atoms with Gasteiger partial charge in [-0.25, -0.2) is 14.8 Å². The van der Waals surface area contributed by atoms with Crippen molar-refractivity contribution in [3.05, 3.63) is 54.7 Å². The van der Waals surface area contributed by atoms with Crippen molar-refractivity contribution in [1.82, 2.24) is 29.7 Å². The average Bonchev–Trinajstić information content (AvgIpc) is 3.53. The van der Waals surface area contributed by atoms with Crippen LogP contribution in [0, 0.1) is 0 Å². The molecule has 1 unspecified atom stereocenters. The molecular formula is C27H33N7O6. The van der Waals surface area contributed by atoms with Gasteiger partial charge < -0.3 is 34.1 Å². The van der Waals surface area contributed by atoms with Gasteiger partial charge in [-0.2, -0.15) is 4.98 Å². The van der Waals surface area contributed by atoms with E-state index in [0.717, 1.165) is 17.1 Å². The van der Waals surface area contributed by atoms with E-state index in [1.807, 2.05) is 23.1 Å². The Kier molecular flexibility index (Phi) is 8.91. The molecule has 0 bridgehead atoms. The maximum atomic E-state index is 13.1. The summed E-state index contributed by atoms with van der Waals surface area (Å²) in [6, 6.07) is 7.31. The van der Waals surface area contributed by atoms with E-state index in [2.05, 4.69) is 15.3 Å². The van der Waals surface area contributed by atoms with E-state index in [9.17, 15) is 9.59 Å². The van der Waals surface area contributed by atoms with Crippen LogP contribution >= 0.6 is 0 Å². The van der Waals surface area contributed by atoms with Crippen molar-refractivity contribution >= 4 is 17.8 Å². The Morgan fingerprint density at radius 2 is 1.98 bits per heavy atom. The third kappa shape index (κ3) is 6.78. The van der Waals surface area contributed by atoms with Gasteiger partial charge in [0.05, 0.1) is 12.6 Å². The van der Waals surface area contributed by atoms with Crippen LogP contribution in [0.5, 0.6) is 11.5 Å². The van der Waals surface area contributed by atoms with E-state index >= 15 is 0 Å². The van der Waals surface area contributed by atoms with Gasteiger partial charge in [0.2, 0.25) is 11.9 Å². The predicted molar refractivity (Wildman–Crippen MR) is 144 cm³/mol. The molecule has 1 atom stereocenters. The van der Waals surface area contributed by atoms with Crippen molar-refractivity contribution in [2.75, 3.05) is 64.6 Å². The summed E-state index contributed by atoms with van der Waals surface area (Å²) in [5.41, 5.74) is 1.04. The van der Waals surface area contributed by atoms with Crippen LogP contribution in [0.3, 0.4) is 0 Å². The van der Waals surface area contributed by atoms with Crippen LogP contribution < -0.4 is 19.7 Å². The molecule has 13 nitrogen and oxygen atoms in total. The van der Waals surface area contributed by atoms with E-state index in [4.69, 9.17) is 23.9 Å². The minimum Gasteiger partial charge on any atom is -0.486 e. The van der Waals surface area contributed by atoms with Gasteiger partial charge in [-0.1, -0.05) is 6.07 Å². The molecule has 5 rings (SSSR count). The fraction of sp³-hybridized carbons (Fsp3) is 0.444. The van der Waals surface area contributed by atoms with E-state index in [1.54, 1.807) is 47.6 Å². The Bertz CT molecular complexity index is 1290. The molecule has 0 spiro atoms. The highest BCUT2D eigenvalue weighted by Gasteiger charge is 2.33. The zero-order chi connectivity index (χ0) is 27.7. The van der Waals surface area contributed by atoms with Crippen LogP contribution in [0.2, 0.25) is 0 Å². The van der Waals surface area contributed by atoms with E-state index in [0.29, 0.717) is 64.2 Å². The van der Waals surface area contributed by atoms with Crippen LogP contribution in [0.25, 0.3) is 5.95 Å². The van der Waals surface area contributed by atoms with Gasteiger partial charge >= 0.3 is 6.09 Å².